The van der Waals surface area contributed by atoms with Gasteiger partial charge in [-0.1, -0.05) is 12.8 Å². The van der Waals surface area contributed by atoms with Crippen LogP contribution in [0.2, 0.25) is 0 Å². The molecule has 2 aliphatic carbocycles. The van der Waals surface area contributed by atoms with Crippen molar-refractivity contribution in [2.75, 3.05) is 26.2 Å². The van der Waals surface area contributed by atoms with E-state index in [0.717, 1.165) is 51.6 Å². The molecule has 0 radical (unpaired) electrons. The molecular weight excluding hydrogens is 280 g/mol. The van der Waals surface area contributed by atoms with E-state index in [4.69, 9.17) is 5.73 Å². The first kappa shape index (κ1) is 15.7. The van der Waals surface area contributed by atoms with Gasteiger partial charge in [-0.05, 0) is 32.6 Å². The molecule has 1 heterocycles. The fraction of sp³-hybridized carbons (Fsp3) is 0.875. The van der Waals surface area contributed by atoms with Crippen LogP contribution in [0.4, 0.5) is 0 Å². The second-order valence-electron chi connectivity index (χ2n) is 7.15. The standard InChI is InChI=1S/C16H28N4O2/c1-12(14(21)18-13-4-5-13)19-8-10-20(11-9-19)15(22)16(17)6-2-3-7-16/h12-13H,2-11,17H2,1H3,(H,18,21). The molecule has 3 aliphatic rings. The van der Waals surface area contributed by atoms with Crippen molar-refractivity contribution in [2.45, 2.75) is 63.1 Å². The molecule has 0 aromatic heterocycles. The number of carbonyl (C=O) groups excluding carboxylic acids is 2. The van der Waals surface area contributed by atoms with E-state index in [1.54, 1.807) is 0 Å². The van der Waals surface area contributed by atoms with E-state index in [0.29, 0.717) is 19.1 Å². The van der Waals surface area contributed by atoms with E-state index in [1.807, 2.05) is 11.8 Å². The molecule has 0 aromatic carbocycles. The predicted molar refractivity (Wildman–Crippen MR) is 84.2 cm³/mol. The zero-order chi connectivity index (χ0) is 15.7. The van der Waals surface area contributed by atoms with Crippen molar-refractivity contribution in [2.24, 2.45) is 5.73 Å². The summed E-state index contributed by atoms with van der Waals surface area (Å²) in [6.07, 6.45) is 5.96. The summed E-state index contributed by atoms with van der Waals surface area (Å²) < 4.78 is 0. The molecule has 6 nitrogen and oxygen atoms in total. The summed E-state index contributed by atoms with van der Waals surface area (Å²) in [5, 5.41) is 3.05. The molecule has 1 atom stereocenters. The van der Waals surface area contributed by atoms with Gasteiger partial charge < -0.3 is 16.0 Å². The highest BCUT2D eigenvalue weighted by atomic mass is 16.2. The minimum Gasteiger partial charge on any atom is -0.352 e. The maximum Gasteiger partial charge on any atom is 0.242 e. The zero-order valence-corrected chi connectivity index (χ0v) is 13.5. The van der Waals surface area contributed by atoms with Gasteiger partial charge in [-0.15, -0.1) is 0 Å². The van der Waals surface area contributed by atoms with Crippen LogP contribution in [0.1, 0.15) is 45.4 Å². The number of nitrogens with one attached hydrogen (secondary N) is 1. The van der Waals surface area contributed by atoms with Crippen LogP contribution in [-0.4, -0.2) is 65.4 Å². The van der Waals surface area contributed by atoms with Crippen molar-refractivity contribution < 1.29 is 9.59 Å². The molecule has 3 rings (SSSR count). The molecule has 124 valence electrons. The Kier molecular flexibility index (Phi) is 4.41. The minimum atomic E-state index is -0.628. The summed E-state index contributed by atoms with van der Waals surface area (Å²) in [4.78, 5) is 28.8. The first-order valence-corrected chi connectivity index (χ1v) is 8.62. The second kappa shape index (κ2) is 6.16. The van der Waals surface area contributed by atoms with Crippen molar-refractivity contribution in [3.63, 3.8) is 0 Å². The summed E-state index contributed by atoms with van der Waals surface area (Å²) in [7, 11) is 0. The molecule has 3 N–H and O–H groups in total. The van der Waals surface area contributed by atoms with Crippen LogP contribution >= 0.6 is 0 Å². The number of carbonyl (C=O) groups is 2. The molecular formula is C16H28N4O2. The Hall–Kier alpha value is -1.14. The largest absolute Gasteiger partial charge is 0.352 e. The Balaban J connectivity index is 1.49. The third-order valence-corrected chi connectivity index (χ3v) is 5.37. The Morgan fingerprint density at radius 3 is 2.27 bits per heavy atom. The number of hydrogen-bond acceptors (Lipinski definition) is 4. The van der Waals surface area contributed by atoms with Crippen LogP contribution in [0.5, 0.6) is 0 Å². The molecule has 6 heteroatoms. The monoisotopic (exact) mass is 308 g/mol. The first-order valence-electron chi connectivity index (χ1n) is 8.62. The van der Waals surface area contributed by atoms with Crippen LogP contribution in [-0.2, 0) is 9.59 Å². The molecule has 1 unspecified atom stereocenters. The van der Waals surface area contributed by atoms with Crippen LogP contribution in [0.15, 0.2) is 0 Å². The first-order chi connectivity index (χ1) is 10.5. The van der Waals surface area contributed by atoms with Crippen molar-refractivity contribution in [3.8, 4) is 0 Å². The Morgan fingerprint density at radius 2 is 1.73 bits per heavy atom. The maximum absolute atomic E-state index is 12.6. The quantitative estimate of drug-likeness (QED) is 0.770. The average Bonchev–Trinajstić information content (AvgIpc) is 3.23. The lowest BCUT2D eigenvalue weighted by atomic mass is 9.96. The summed E-state index contributed by atoms with van der Waals surface area (Å²) in [5.74, 6) is 0.230. The van der Waals surface area contributed by atoms with Crippen LogP contribution in [0.3, 0.4) is 0 Å². The van der Waals surface area contributed by atoms with Gasteiger partial charge in [-0.25, -0.2) is 0 Å². The van der Waals surface area contributed by atoms with Crippen molar-refractivity contribution in [1.82, 2.24) is 15.1 Å². The molecule has 2 saturated carbocycles. The van der Waals surface area contributed by atoms with Crippen LogP contribution in [0.25, 0.3) is 0 Å². The molecule has 0 bridgehead atoms. The molecule has 2 amide bonds. The Morgan fingerprint density at radius 1 is 1.14 bits per heavy atom. The lowest BCUT2D eigenvalue weighted by Crippen LogP contribution is -2.60. The van der Waals surface area contributed by atoms with Gasteiger partial charge in [0.1, 0.15) is 0 Å². The van der Waals surface area contributed by atoms with Crippen molar-refractivity contribution in [3.05, 3.63) is 0 Å². The highest BCUT2D eigenvalue weighted by molar-refractivity contribution is 5.86. The topological polar surface area (TPSA) is 78.7 Å². The maximum atomic E-state index is 12.6. The number of amides is 2. The molecule has 0 aromatic rings. The van der Waals surface area contributed by atoms with Gasteiger partial charge in [0.15, 0.2) is 0 Å². The molecule has 1 aliphatic heterocycles. The lowest BCUT2D eigenvalue weighted by molar-refractivity contribution is -0.139. The highest BCUT2D eigenvalue weighted by Crippen LogP contribution is 2.29. The van der Waals surface area contributed by atoms with Gasteiger partial charge in [-0.3, -0.25) is 14.5 Å². The number of nitrogens with zero attached hydrogens (tertiary/aromatic N) is 2. The number of hydrogen-bond donors (Lipinski definition) is 2. The number of rotatable bonds is 4. The smallest absolute Gasteiger partial charge is 0.242 e. The van der Waals surface area contributed by atoms with Crippen LogP contribution in [0, 0.1) is 0 Å². The molecule has 1 saturated heterocycles. The van der Waals surface area contributed by atoms with E-state index >= 15 is 0 Å². The Bertz CT molecular complexity index is 435. The summed E-state index contributed by atoms with van der Waals surface area (Å²) >= 11 is 0. The van der Waals surface area contributed by atoms with Gasteiger partial charge in [0.2, 0.25) is 11.8 Å². The normalized spacial score (nSPS) is 26.7. The van der Waals surface area contributed by atoms with Gasteiger partial charge in [0, 0.05) is 32.2 Å². The van der Waals surface area contributed by atoms with E-state index in [2.05, 4.69) is 10.2 Å². The van der Waals surface area contributed by atoms with E-state index < -0.39 is 5.54 Å². The third kappa shape index (κ3) is 3.27. The summed E-state index contributed by atoms with van der Waals surface area (Å²) in [6, 6.07) is 0.286. The molecule has 22 heavy (non-hydrogen) atoms. The second-order valence-corrected chi connectivity index (χ2v) is 7.15. The third-order valence-electron chi connectivity index (χ3n) is 5.37. The fourth-order valence-electron chi connectivity index (χ4n) is 3.56. The molecule has 0 spiro atoms. The average molecular weight is 308 g/mol. The molecule has 3 fully saturated rings. The van der Waals surface area contributed by atoms with Crippen LogP contribution < -0.4 is 11.1 Å². The number of nitrogens with two attached hydrogens (primary N) is 1. The highest BCUT2D eigenvalue weighted by Gasteiger charge is 2.41. The van der Waals surface area contributed by atoms with Gasteiger partial charge in [0.25, 0.3) is 0 Å². The van der Waals surface area contributed by atoms with Crippen molar-refractivity contribution in [1.29, 1.82) is 0 Å². The summed E-state index contributed by atoms with van der Waals surface area (Å²) in [6.45, 7) is 4.82. The fourth-order valence-corrected chi connectivity index (χ4v) is 3.56. The SMILES string of the molecule is CC(C(=O)NC1CC1)N1CCN(C(=O)C2(N)CCCC2)CC1. The zero-order valence-electron chi connectivity index (χ0n) is 13.5. The Labute approximate surface area is 132 Å². The van der Waals surface area contributed by atoms with Gasteiger partial charge >= 0.3 is 0 Å². The predicted octanol–water partition coefficient (Wildman–Crippen LogP) is 0.0692. The van der Waals surface area contributed by atoms with E-state index in [9.17, 15) is 9.59 Å². The number of piperazine rings is 1. The minimum absolute atomic E-state index is 0.111. The van der Waals surface area contributed by atoms with E-state index in [1.165, 1.54) is 0 Å². The summed E-state index contributed by atoms with van der Waals surface area (Å²) in [5.41, 5.74) is 5.64. The van der Waals surface area contributed by atoms with Crippen molar-refractivity contribution >= 4 is 11.8 Å². The van der Waals surface area contributed by atoms with Gasteiger partial charge in [0.05, 0.1) is 11.6 Å². The van der Waals surface area contributed by atoms with E-state index in [-0.39, 0.29) is 17.9 Å². The lowest BCUT2D eigenvalue weighted by Gasteiger charge is -2.40. The van der Waals surface area contributed by atoms with Gasteiger partial charge in [-0.2, -0.15) is 0 Å².